The van der Waals surface area contributed by atoms with Crippen LogP contribution in [0.15, 0.2) is 93.8 Å². The Kier molecular flexibility index (Phi) is 5.75. The molecule has 5 rings (SSSR count). The quantitative estimate of drug-likeness (QED) is 0.377. The smallest absolute Gasteiger partial charge is 0.256 e. The first-order valence-corrected chi connectivity index (χ1v) is 11.6. The summed E-state index contributed by atoms with van der Waals surface area (Å²) in [5, 5.41) is 11.6. The van der Waals surface area contributed by atoms with Crippen LogP contribution in [0, 0.1) is 6.92 Å². The van der Waals surface area contributed by atoms with E-state index in [1.807, 2.05) is 68.4 Å². The van der Waals surface area contributed by atoms with Gasteiger partial charge < -0.3 is 15.1 Å². The van der Waals surface area contributed by atoms with Gasteiger partial charge in [0.05, 0.1) is 11.8 Å². The molecule has 0 saturated heterocycles. The highest BCUT2D eigenvalue weighted by Gasteiger charge is 2.36. The average Bonchev–Trinajstić information content (AvgIpc) is 3.47. The van der Waals surface area contributed by atoms with Gasteiger partial charge in [0, 0.05) is 17.1 Å². The number of carbonyl (C=O) groups is 1. The zero-order valence-corrected chi connectivity index (χ0v) is 19.1. The Labute approximate surface area is 195 Å². The normalized spacial score (nSPS) is 15.2. The van der Waals surface area contributed by atoms with Crippen LogP contribution in [0.3, 0.4) is 0 Å². The molecule has 1 amide bonds. The number of fused-ring (bicyclic) bond motifs is 1. The van der Waals surface area contributed by atoms with Gasteiger partial charge in [0.15, 0.2) is 0 Å². The molecule has 8 heteroatoms. The van der Waals surface area contributed by atoms with Gasteiger partial charge in [0.1, 0.15) is 11.8 Å². The number of hydrogen-bond acceptors (Lipinski definition) is 6. The number of amides is 1. The molecule has 4 aromatic rings. The van der Waals surface area contributed by atoms with E-state index < -0.39 is 6.04 Å². The summed E-state index contributed by atoms with van der Waals surface area (Å²) in [6.07, 6.45) is 1.60. The minimum Gasteiger partial charge on any atom is -0.467 e. The topological polar surface area (TPSA) is 85.0 Å². The van der Waals surface area contributed by atoms with Crippen LogP contribution in [0.25, 0.3) is 0 Å². The number of aromatic nitrogens is 3. The second-order valence-electron chi connectivity index (χ2n) is 7.84. The van der Waals surface area contributed by atoms with E-state index in [9.17, 15) is 4.79 Å². The number of carbonyl (C=O) groups excluding carboxylic acids is 1. The second-order valence-corrected chi connectivity index (χ2v) is 8.78. The monoisotopic (exact) mass is 457 g/mol. The highest BCUT2D eigenvalue weighted by Crippen LogP contribution is 2.37. The van der Waals surface area contributed by atoms with E-state index in [1.165, 1.54) is 5.56 Å². The lowest BCUT2D eigenvalue weighted by Gasteiger charge is -2.27. The predicted octanol–water partition coefficient (Wildman–Crippen LogP) is 5.40. The highest BCUT2D eigenvalue weighted by molar-refractivity contribution is 7.98. The van der Waals surface area contributed by atoms with Crippen molar-refractivity contribution in [2.24, 2.45) is 0 Å². The van der Waals surface area contributed by atoms with E-state index in [4.69, 9.17) is 9.52 Å². The summed E-state index contributed by atoms with van der Waals surface area (Å²) in [4.78, 5) is 18.1. The number of aryl methyl sites for hydroxylation is 1. The maximum atomic E-state index is 13.4. The van der Waals surface area contributed by atoms with E-state index in [1.54, 1.807) is 22.7 Å². The van der Waals surface area contributed by atoms with Gasteiger partial charge in [0.2, 0.25) is 11.1 Å². The van der Waals surface area contributed by atoms with Crippen LogP contribution in [0.1, 0.15) is 29.9 Å². The van der Waals surface area contributed by atoms with Gasteiger partial charge in [-0.1, -0.05) is 54.2 Å². The molecule has 1 atom stereocenters. The molecule has 1 aliphatic heterocycles. The van der Waals surface area contributed by atoms with E-state index in [0.29, 0.717) is 28.1 Å². The third-order valence-corrected chi connectivity index (χ3v) is 6.29. The standard InChI is InChI=1S/C25H23N5O2S/c1-16-8-6-11-19(14-16)27-23(31)21-17(2)26-24-28-25(33-15-18-9-4-3-5-10-18)29-30(24)22(21)20-12-7-13-32-20/h3-14,22H,15H2,1-2H3,(H,27,31)(H,26,28,29). The van der Waals surface area contributed by atoms with E-state index in [2.05, 4.69) is 27.8 Å². The molecule has 3 heterocycles. The molecular weight excluding hydrogens is 434 g/mol. The molecule has 0 radical (unpaired) electrons. The molecule has 166 valence electrons. The third kappa shape index (κ3) is 4.42. The minimum absolute atomic E-state index is 0.216. The van der Waals surface area contributed by atoms with Crippen LogP contribution in [-0.2, 0) is 10.5 Å². The molecule has 0 bridgehead atoms. The van der Waals surface area contributed by atoms with Crippen molar-refractivity contribution >= 4 is 29.3 Å². The maximum absolute atomic E-state index is 13.4. The van der Waals surface area contributed by atoms with Crippen molar-refractivity contribution in [2.75, 3.05) is 10.6 Å². The SMILES string of the molecule is CC1=C(C(=O)Nc2cccc(C)c2)C(c2ccco2)n2nc(SCc3ccccc3)nc2N1. The fraction of sp³-hybridized carbons (Fsp3) is 0.160. The molecule has 7 nitrogen and oxygen atoms in total. The van der Waals surface area contributed by atoms with Crippen molar-refractivity contribution in [3.63, 3.8) is 0 Å². The van der Waals surface area contributed by atoms with E-state index >= 15 is 0 Å². The van der Waals surface area contributed by atoms with Gasteiger partial charge >= 0.3 is 0 Å². The molecule has 0 saturated carbocycles. The zero-order valence-electron chi connectivity index (χ0n) is 18.3. The number of benzene rings is 2. The highest BCUT2D eigenvalue weighted by atomic mass is 32.2. The summed E-state index contributed by atoms with van der Waals surface area (Å²) in [5.41, 5.74) is 4.24. The first kappa shape index (κ1) is 21.1. The van der Waals surface area contributed by atoms with E-state index in [0.717, 1.165) is 17.0 Å². The molecule has 0 fully saturated rings. The fourth-order valence-corrected chi connectivity index (χ4v) is 4.62. The van der Waals surface area contributed by atoms with Crippen molar-refractivity contribution in [1.82, 2.24) is 14.8 Å². The number of rotatable bonds is 6. The first-order valence-electron chi connectivity index (χ1n) is 10.6. The van der Waals surface area contributed by atoms with Crippen LogP contribution in [-0.4, -0.2) is 20.7 Å². The van der Waals surface area contributed by atoms with Gasteiger partial charge in [-0.3, -0.25) is 4.79 Å². The number of thioether (sulfide) groups is 1. The molecule has 2 aromatic heterocycles. The minimum atomic E-state index is -0.528. The van der Waals surface area contributed by atoms with Crippen LogP contribution in [0.2, 0.25) is 0 Å². The van der Waals surface area contributed by atoms with Crippen molar-refractivity contribution in [3.05, 3.63) is 101 Å². The number of anilines is 2. The molecular formula is C25H23N5O2S. The summed E-state index contributed by atoms with van der Waals surface area (Å²) in [6, 6.07) is 21.0. The van der Waals surface area contributed by atoms with Crippen molar-refractivity contribution in [3.8, 4) is 0 Å². The van der Waals surface area contributed by atoms with Gasteiger partial charge in [-0.05, 0) is 49.2 Å². The molecule has 1 unspecified atom stereocenters. The Morgan fingerprint density at radius 2 is 1.97 bits per heavy atom. The van der Waals surface area contributed by atoms with Crippen LogP contribution in [0.5, 0.6) is 0 Å². The Hall–Kier alpha value is -3.78. The van der Waals surface area contributed by atoms with Crippen LogP contribution < -0.4 is 10.6 Å². The van der Waals surface area contributed by atoms with Gasteiger partial charge in [0.25, 0.3) is 5.91 Å². The fourth-order valence-electron chi connectivity index (χ4n) is 3.84. The van der Waals surface area contributed by atoms with Gasteiger partial charge in [-0.15, -0.1) is 5.10 Å². The van der Waals surface area contributed by atoms with Crippen molar-refractivity contribution in [2.45, 2.75) is 30.8 Å². The first-order chi connectivity index (χ1) is 16.1. The molecule has 0 aliphatic carbocycles. The predicted molar refractivity (Wildman–Crippen MR) is 129 cm³/mol. The molecule has 2 aromatic carbocycles. The summed E-state index contributed by atoms with van der Waals surface area (Å²) in [7, 11) is 0. The van der Waals surface area contributed by atoms with Crippen molar-refractivity contribution in [1.29, 1.82) is 0 Å². The largest absolute Gasteiger partial charge is 0.467 e. The number of nitrogens with zero attached hydrogens (tertiary/aromatic N) is 3. The summed E-state index contributed by atoms with van der Waals surface area (Å²) in [6.45, 7) is 3.86. The molecule has 1 aliphatic rings. The lowest BCUT2D eigenvalue weighted by molar-refractivity contribution is -0.113. The molecule has 0 spiro atoms. The molecule has 33 heavy (non-hydrogen) atoms. The van der Waals surface area contributed by atoms with Gasteiger partial charge in [-0.25, -0.2) is 4.68 Å². The summed E-state index contributed by atoms with van der Waals surface area (Å²) >= 11 is 1.55. The Morgan fingerprint density at radius 1 is 1.12 bits per heavy atom. The lowest BCUT2D eigenvalue weighted by Crippen LogP contribution is -2.31. The number of furan rings is 1. The number of hydrogen-bond donors (Lipinski definition) is 2. The van der Waals surface area contributed by atoms with Crippen LogP contribution >= 0.6 is 11.8 Å². The summed E-state index contributed by atoms with van der Waals surface area (Å²) in [5.74, 6) is 1.74. The van der Waals surface area contributed by atoms with E-state index in [-0.39, 0.29) is 5.91 Å². The summed E-state index contributed by atoms with van der Waals surface area (Å²) < 4.78 is 7.46. The average molecular weight is 458 g/mol. The number of nitrogens with one attached hydrogen (secondary N) is 2. The maximum Gasteiger partial charge on any atom is 0.256 e. The number of allylic oxidation sites excluding steroid dienone is 1. The molecule has 2 N–H and O–H groups in total. The van der Waals surface area contributed by atoms with Gasteiger partial charge in [-0.2, -0.15) is 4.98 Å². The Balaban J connectivity index is 1.46. The third-order valence-electron chi connectivity index (χ3n) is 5.38. The zero-order chi connectivity index (χ0) is 22.8. The Bertz CT molecular complexity index is 1310. The lowest BCUT2D eigenvalue weighted by atomic mass is 10.00. The van der Waals surface area contributed by atoms with Crippen molar-refractivity contribution < 1.29 is 9.21 Å². The Morgan fingerprint density at radius 3 is 2.73 bits per heavy atom. The second kappa shape index (κ2) is 8.99. The van der Waals surface area contributed by atoms with Crippen LogP contribution in [0.4, 0.5) is 11.6 Å².